The molecular weight excluding hydrogens is 827 g/mol. The van der Waals surface area contributed by atoms with Gasteiger partial charge in [0.25, 0.3) is 0 Å². The Morgan fingerprint density at radius 3 is 1.37 bits per heavy atom. The van der Waals surface area contributed by atoms with Crippen LogP contribution in [-0.2, 0) is 42.7 Å². The fraction of sp³-hybridized carbons (Fsp3) is 0.310. The molecule has 0 aromatic heterocycles. The van der Waals surface area contributed by atoms with E-state index in [-0.39, 0.29) is 43.1 Å². The van der Waals surface area contributed by atoms with Crippen molar-refractivity contribution in [2.75, 3.05) is 13.1 Å². The molecule has 283 valence electrons. The predicted molar refractivity (Wildman–Crippen MR) is 180 cm³/mol. The predicted octanol–water partition coefficient (Wildman–Crippen LogP) is 1.44. The Kier molecular flexibility index (Phi) is 18.9. The molecule has 10 N–H and O–H groups in total. The van der Waals surface area contributed by atoms with E-state index >= 15 is 0 Å². The van der Waals surface area contributed by atoms with E-state index in [1.807, 2.05) is 12.1 Å². The van der Waals surface area contributed by atoms with Crippen molar-refractivity contribution < 1.29 is 84.6 Å². The molecule has 3 aromatic rings. The number of hydrogen-bond acceptors (Lipinski definition) is 15. The summed E-state index contributed by atoms with van der Waals surface area (Å²) < 4.78 is 58.9. The molecule has 3 aromatic carbocycles. The van der Waals surface area contributed by atoms with Crippen LogP contribution in [0.2, 0.25) is 12.1 Å². The summed E-state index contributed by atoms with van der Waals surface area (Å²) in [4.78, 5) is 63.6. The number of aliphatic imine (C=N–C) groups is 2. The third-order valence-corrected chi connectivity index (χ3v) is 9.04. The van der Waals surface area contributed by atoms with Crippen LogP contribution < -0.4 is 10.6 Å². The van der Waals surface area contributed by atoms with Crippen molar-refractivity contribution in [2.45, 2.75) is 43.5 Å². The van der Waals surface area contributed by atoms with Crippen LogP contribution in [-0.4, -0.2) is 101 Å². The maximum Gasteiger partial charge on any atom is 1.00 e. The van der Waals surface area contributed by atoms with Crippen LogP contribution in [0, 0.1) is 0 Å². The van der Waals surface area contributed by atoms with Gasteiger partial charge in [0.15, 0.2) is 10.1 Å². The molecule has 0 unspecified atom stereocenters. The molecule has 15 nitrogen and oxygen atoms in total. The minimum atomic E-state index is -6.09. The molecule has 0 saturated carbocycles. The summed E-state index contributed by atoms with van der Waals surface area (Å²) in [6.07, 6.45) is 3.92. The van der Waals surface area contributed by atoms with Gasteiger partial charge in [0.2, 0.25) is 0 Å². The van der Waals surface area contributed by atoms with Gasteiger partial charge in [-0.1, -0.05) is 24.3 Å². The maximum atomic E-state index is 10.7. The number of rotatable bonds is 16. The van der Waals surface area contributed by atoms with Crippen molar-refractivity contribution in [3.05, 3.63) is 82.9 Å². The molecule has 3 rings (SSSR count). The smallest absolute Gasteiger partial charge is 0.741 e. The Balaban J connectivity index is 0.00000129. The van der Waals surface area contributed by atoms with Crippen LogP contribution in [0.25, 0.3) is 0 Å². The molecule has 51 heavy (non-hydrogen) atoms. The molecular formula is C29H38F3N4O11RuSSi2. The summed E-state index contributed by atoms with van der Waals surface area (Å²) in [7, 11) is -14.1. The first-order chi connectivity index (χ1) is 23.1. The second kappa shape index (κ2) is 20.9. The largest absolute Gasteiger partial charge is 1.00 e. The second-order valence-electron chi connectivity index (χ2n) is 10.8. The number of hydrogen-bond donors (Lipinski definition) is 10. The fourth-order valence-electron chi connectivity index (χ4n) is 3.96. The number of phenolic OH excluding ortho intramolecular Hbond substituents is 2. The van der Waals surface area contributed by atoms with Gasteiger partial charge in [0.1, 0.15) is 11.5 Å². The molecule has 0 aliphatic carbocycles. The number of phenols is 2. The summed E-state index contributed by atoms with van der Waals surface area (Å²) in [5.41, 5.74) is -1.77. The van der Waals surface area contributed by atoms with E-state index in [1.165, 1.54) is 12.4 Å². The molecule has 0 aliphatic rings. The Morgan fingerprint density at radius 1 is 0.706 bits per heavy atom. The van der Waals surface area contributed by atoms with E-state index < -0.39 is 33.2 Å². The molecule has 0 spiro atoms. The van der Waals surface area contributed by atoms with Gasteiger partial charge in [0.05, 0.1) is 11.4 Å². The number of nitrogens with one attached hydrogen (secondary N) is 2. The van der Waals surface area contributed by atoms with E-state index in [4.69, 9.17) is 41.7 Å². The average molecular weight is 865 g/mol. The van der Waals surface area contributed by atoms with Gasteiger partial charge >= 0.3 is 42.6 Å². The summed E-state index contributed by atoms with van der Waals surface area (Å²) >= 11 is 0. The standard InChI is InChI=1S/C28H38N4O8Si2.CHF3O3S.Ru/c33-27-9-7-21(17-29-11-3-13-41(35,36)37)15-23(27)19-31-25-5-1-2-6-26(25)32-20-24-16-22(8-10-28(24)34)18-30-12-4-14-42(38,39)40;2-1(3,4)8(5,6)7;/h1-2,5-10,15-16,19-20,29-30,33-40H,3-4,11-14,17-18H2;(H,5,6,7);/q;;+1/p-1. The SMILES string of the molecule is O=S(=O)([O-])C(F)(F)F.Oc1ccc(CNCCC[Si](O)(O)O)cc1C=Nc1ccccc1N=Cc1cc(CNCCC[Si](O)(O)O)ccc1O.[Ru+]. The minimum absolute atomic E-state index is 0. The van der Waals surface area contributed by atoms with Gasteiger partial charge in [0, 0.05) is 48.7 Å². The van der Waals surface area contributed by atoms with Crippen LogP contribution in [0.5, 0.6) is 11.5 Å². The van der Waals surface area contributed by atoms with Crippen molar-refractivity contribution >= 4 is 51.5 Å². The van der Waals surface area contributed by atoms with E-state index in [0.717, 1.165) is 11.1 Å². The first-order valence-electron chi connectivity index (χ1n) is 14.7. The van der Waals surface area contributed by atoms with Gasteiger partial charge in [-0.3, -0.25) is 9.98 Å². The third-order valence-electron chi connectivity index (χ3n) is 6.42. The van der Waals surface area contributed by atoms with Crippen molar-refractivity contribution in [2.24, 2.45) is 9.98 Å². The number of halogens is 3. The monoisotopic (exact) mass is 865 g/mol. The molecule has 0 saturated heterocycles. The summed E-state index contributed by atoms with van der Waals surface area (Å²) in [6, 6.07) is 17.4. The van der Waals surface area contributed by atoms with Crippen molar-refractivity contribution in [3.63, 3.8) is 0 Å². The van der Waals surface area contributed by atoms with Gasteiger partial charge in [-0.05, 0) is 73.5 Å². The summed E-state index contributed by atoms with van der Waals surface area (Å²) in [5.74, 6) is 0.113. The number of para-hydroxylation sites is 2. The topological polar surface area (TPSA) is 268 Å². The van der Waals surface area contributed by atoms with Gasteiger partial charge in [-0.25, -0.2) is 8.42 Å². The molecule has 22 heteroatoms. The Hall–Kier alpha value is -2.96. The van der Waals surface area contributed by atoms with E-state index in [0.29, 0.717) is 61.5 Å². The zero-order chi connectivity index (χ0) is 37.6. The van der Waals surface area contributed by atoms with Crippen molar-refractivity contribution in [1.82, 2.24) is 10.6 Å². The van der Waals surface area contributed by atoms with Gasteiger partial charge in [-0.2, -0.15) is 13.2 Å². The van der Waals surface area contributed by atoms with Crippen LogP contribution >= 0.6 is 0 Å². The molecule has 0 heterocycles. The van der Waals surface area contributed by atoms with Crippen molar-refractivity contribution in [1.29, 1.82) is 0 Å². The number of benzene rings is 3. The Morgan fingerprint density at radius 2 is 1.06 bits per heavy atom. The normalized spacial score (nSPS) is 12.5. The summed E-state index contributed by atoms with van der Waals surface area (Å²) in [5, 5.41) is 27.0. The Bertz CT molecular complexity index is 1610. The molecule has 0 atom stereocenters. The average Bonchev–Trinajstić information content (AvgIpc) is 2.99. The molecule has 1 radical (unpaired) electrons. The van der Waals surface area contributed by atoms with E-state index in [1.54, 1.807) is 48.5 Å². The van der Waals surface area contributed by atoms with Crippen LogP contribution in [0.3, 0.4) is 0 Å². The van der Waals surface area contributed by atoms with Crippen LogP contribution in [0.15, 0.2) is 70.6 Å². The van der Waals surface area contributed by atoms with Crippen molar-refractivity contribution in [3.8, 4) is 11.5 Å². The number of alkyl halides is 3. The fourth-order valence-corrected chi connectivity index (χ4v) is 5.26. The summed E-state index contributed by atoms with van der Waals surface area (Å²) in [6.45, 7) is 1.94. The van der Waals surface area contributed by atoms with Gasteiger partial charge in [-0.15, -0.1) is 0 Å². The molecule has 0 aliphatic heterocycles. The van der Waals surface area contributed by atoms with Gasteiger partial charge < -0.3 is 54.2 Å². The number of aromatic hydroxyl groups is 2. The quantitative estimate of drug-likeness (QED) is 0.0322. The molecule has 0 amide bonds. The Labute approximate surface area is 306 Å². The molecule has 0 fully saturated rings. The molecule has 0 bridgehead atoms. The second-order valence-corrected chi connectivity index (χ2v) is 16.3. The maximum absolute atomic E-state index is 10.7. The zero-order valence-electron chi connectivity index (χ0n) is 26.7. The zero-order valence-corrected chi connectivity index (χ0v) is 31.2. The van der Waals surface area contributed by atoms with Crippen LogP contribution in [0.1, 0.15) is 35.1 Å². The van der Waals surface area contributed by atoms with Crippen LogP contribution in [0.4, 0.5) is 24.5 Å². The van der Waals surface area contributed by atoms with E-state index in [2.05, 4.69) is 20.6 Å². The first-order valence-corrected chi connectivity index (χ1v) is 20.2. The minimum Gasteiger partial charge on any atom is -0.741 e. The third kappa shape index (κ3) is 18.9. The van der Waals surface area contributed by atoms with E-state index in [9.17, 15) is 23.4 Å². The number of nitrogens with zero attached hydrogens (tertiary/aromatic N) is 2. The first kappa shape index (κ1) is 46.1.